The van der Waals surface area contributed by atoms with Crippen LogP contribution in [0.1, 0.15) is 54.4 Å². The van der Waals surface area contributed by atoms with Gasteiger partial charge < -0.3 is 9.22 Å². The van der Waals surface area contributed by atoms with Gasteiger partial charge >= 0.3 is 0 Å². The highest BCUT2D eigenvalue weighted by Gasteiger charge is 2.60. The molecule has 0 bridgehead atoms. The topological polar surface area (TPSA) is 26.3 Å². The molecule has 0 heterocycles. The van der Waals surface area contributed by atoms with Crippen molar-refractivity contribution in [1.82, 2.24) is 0 Å². The zero-order valence-electron chi connectivity index (χ0n) is 15.9. The summed E-state index contributed by atoms with van der Waals surface area (Å²) in [5, 5.41) is 0.400. The van der Waals surface area contributed by atoms with Crippen molar-refractivity contribution in [3.8, 4) is 0 Å². The molecule has 124 valence electrons. The Labute approximate surface area is 134 Å². The summed E-state index contributed by atoms with van der Waals surface area (Å²) in [6, 6.07) is 0. The van der Waals surface area contributed by atoms with Gasteiger partial charge in [0, 0.05) is 11.1 Å². The quantitative estimate of drug-likeness (QED) is 0.494. The van der Waals surface area contributed by atoms with Crippen LogP contribution in [0.15, 0.2) is 0 Å². The van der Waals surface area contributed by atoms with Crippen molar-refractivity contribution in [3.63, 3.8) is 0 Å². The summed E-state index contributed by atoms with van der Waals surface area (Å²) in [6.07, 6.45) is 3.46. The van der Waals surface area contributed by atoms with Gasteiger partial charge in [0.15, 0.2) is 8.32 Å². The molecule has 0 saturated heterocycles. The van der Waals surface area contributed by atoms with E-state index in [1.807, 2.05) is 0 Å². The second-order valence-electron chi connectivity index (χ2n) is 10.1. The van der Waals surface area contributed by atoms with Gasteiger partial charge in [-0.15, -0.1) is 0 Å². The molecule has 0 amide bonds. The van der Waals surface area contributed by atoms with Crippen molar-refractivity contribution in [2.75, 3.05) is 0 Å². The highest BCUT2D eigenvalue weighted by molar-refractivity contribution is 6.85. The molecule has 0 aliphatic heterocycles. The van der Waals surface area contributed by atoms with E-state index in [9.17, 15) is 4.79 Å². The van der Waals surface area contributed by atoms with E-state index < -0.39 is 16.4 Å². The Balaban J connectivity index is 2.84. The Morgan fingerprint density at radius 1 is 0.952 bits per heavy atom. The predicted molar refractivity (Wildman–Crippen MR) is 97.3 cm³/mol. The fourth-order valence-electron chi connectivity index (χ4n) is 2.93. The van der Waals surface area contributed by atoms with Gasteiger partial charge in [0.1, 0.15) is 6.29 Å². The Morgan fingerprint density at radius 3 is 1.67 bits per heavy atom. The molecule has 0 atom stereocenters. The maximum atomic E-state index is 11.9. The Kier molecular flexibility index (Phi) is 4.83. The molecule has 1 fully saturated rings. The lowest BCUT2D eigenvalue weighted by molar-refractivity contribution is -0.115. The molecule has 21 heavy (non-hydrogen) atoms. The average Bonchev–Trinajstić information content (AvgIpc) is 2.18. The Morgan fingerprint density at radius 2 is 1.38 bits per heavy atom. The molecule has 2 nitrogen and oxygen atoms in total. The first-order valence-electron chi connectivity index (χ1n) is 8.24. The first-order valence-corrected chi connectivity index (χ1v) is 14.1. The van der Waals surface area contributed by atoms with Crippen LogP contribution in [0.3, 0.4) is 0 Å². The standard InChI is InChI=1S/C17H36O2Si2/c1-15(2,3)20(7,8)17(13-18)11-14(12-17)19-21(9,10)16(4,5)6/h13-14H,11-12H2,1-10H3. The van der Waals surface area contributed by atoms with E-state index >= 15 is 0 Å². The average molecular weight is 329 g/mol. The minimum absolute atomic E-state index is 0.0850. The van der Waals surface area contributed by atoms with Gasteiger partial charge in [-0.3, -0.25) is 0 Å². The monoisotopic (exact) mass is 328 g/mol. The molecule has 1 aliphatic carbocycles. The van der Waals surface area contributed by atoms with Gasteiger partial charge in [0.25, 0.3) is 0 Å². The van der Waals surface area contributed by atoms with E-state index in [0.717, 1.165) is 12.8 Å². The number of carbonyl (C=O) groups excluding carboxylic acids is 1. The number of hydrogen-bond donors (Lipinski definition) is 0. The van der Waals surface area contributed by atoms with Gasteiger partial charge in [-0.2, -0.15) is 0 Å². The minimum Gasteiger partial charge on any atom is -0.414 e. The summed E-state index contributed by atoms with van der Waals surface area (Å²) in [7, 11) is -3.39. The third-order valence-corrected chi connectivity index (χ3v) is 18.1. The first kappa shape index (κ1) is 19.1. The van der Waals surface area contributed by atoms with Gasteiger partial charge in [-0.1, -0.05) is 54.6 Å². The molecule has 0 aromatic carbocycles. The highest BCUT2D eigenvalue weighted by Crippen LogP contribution is 2.62. The van der Waals surface area contributed by atoms with Gasteiger partial charge in [-0.05, 0) is 36.0 Å². The van der Waals surface area contributed by atoms with E-state index in [-0.39, 0.29) is 15.1 Å². The predicted octanol–water partition coefficient (Wildman–Crippen LogP) is 5.62. The lowest BCUT2D eigenvalue weighted by atomic mass is 9.82. The van der Waals surface area contributed by atoms with Crippen molar-refractivity contribution in [2.24, 2.45) is 0 Å². The molecule has 1 saturated carbocycles. The number of rotatable bonds is 4. The largest absolute Gasteiger partial charge is 0.414 e. The summed E-state index contributed by atoms with van der Waals surface area (Å²) < 4.78 is 6.51. The van der Waals surface area contributed by atoms with Crippen molar-refractivity contribution in [3.05, 3.63) is 0 Å². The summed E-state index contributed by atoms with van der Waals surface area (Å²) in [5.41, 5.74) is 0. The van der Waals surface area contributed by atoms with Crippen LogP contribution in [0.2, 0.25) is 41.3 Å². The van der Waals surface area contributed by atoms with Crippen molar-refractivity contribution >= 4 is 22.7 Å². The Hall–Kier alpha value is 0.0638. The van der Waals surface area contributed by atoms with Crippen LogP contribution in [0.25, 0.3) is 0 Å². The van der Waals surface area contributed by atoms with Gasteiger partial charge in [-0.25, -0.2) is 0 Å². The molecule has 0 radical (unpaired) electrons. The number of carbonyl (C=O) groups is 1. The van der Waals surface area contributed by atoms with E-state index in [1.165, 1.54) is 6.29 Å². The van der Waals surface area contributed by atoms with E-state index in [2.05, 4.69) is 67.7 Å². The molecule has 0 N–H and O–H groups in total. The number of aldehydes is 1. The van der Waals surface area contributed by atoms with E-state index in [0.29, 0.717) is 6.10 Å². The van der Waals surface area contributed by atoms with Crippen LogP contribution in [0.5, 0.6) is 0 Å². The fourth-order valence-corrected chi connectivity index (χ4v) is 7.55. The summed E-state index contributed by atoms with van der Waals surface area (Å²) >= 11 is 0. The van der Waals surface area contributed by atoms with E-state index in [1.54, 1.807) is 0 Å². The molecule has 0 aromatic heterocycles. The number of hydrogen-bond acceptors (Lipinski definition) is 2. The summed E-state index contributed by atoms with van der Waals surface area (Å²) in [4.78, 5) is 11.9. The molecule has 1 rings (SSSR count). The van der Waals surface area contributed by atoms with Gasteiger partial charge in [0.2, 0.25) is 0 Å². The Bertz CT molecular complexity index is 394. The van der Waals surface area contributed by atoms with Crippen LogP contribution in [-0.4, -0.2) is 28.8 Å². The molecule has 1 aliphatic rings. The molecule has 0 spiro atoms. The van der Waals surface area contributed by atoms with Crippen molar-refractivity contribution < 1.29 is 9.22 Å². The van der Waals surface area contributed by atoms with Crippen LogP contribution in [0, 0.1) is 0 Å². The third kappa shape index (κ3) is 3.22. The minimum atomic E-state index is -1.72. The maximum Gasteiger partial charge on any atom is 0.192 e. The molecular weight excluding hydrogens is 292 g/mol. The maximum absolute atomic E-state index is 11.9. The van der Waals surface area contributed by atoms with Crippen molar-refractivity contribution in [1.29, 1.82) is 0 Å². The fraction of sp³-hybridized carbons (Fsp3) is 0.941. The van der Waals surface area contributed by atoms with Crippen molar-refractivity contribution in [2.45, 2.75) is 102 Å². The lowest BCUT2D eigenvalue weighted by Crippen LogP contribution is -2.60. The highest BCUT2D eigenvalue weighted by atomic mass is 28.4. The second kappa shape index (κ2) is 5.31. The zero-order valence-corrected chi connectivity index (χ0v) is 17.9. The molecular formula is C17H36O2Si2. The smallest absolute Gasteiger partial charge is 0.192 e. The molecule has 4 heteroatoms. The van der Waals surface area contributed by atoms with Crippen LogP contribution in [-0.2, 0) is 9.22 Å². The van der Waals surface area contributed by atoms with E-state index in [4.69, 9.17) is 4.43 Å². The lowest BCUT2D eigenvalue weighted by Gasteiger charge is -2.58. The summed E-state index contributed by atoms with van der Waals surface area (Å²) in [5.74, 6) is 0. The second-order valence-corrected chi connectivity index (χ2v) is 20.6. The SMILES string of the molecule is CC(C)(C)[Si](C)(C)OC1CC(C=O)([Si](C)(C)C(C)(C)C)C1. The zero-order chi connectivity index (χ0) is 16.9. The van der Waals surface area contributed by atoms with Crippen LogP contribution >= 0.6 is 0 Å². The van der Waals surface area contributed by atoms with Gasteiger partial charge in [0.05, 0.1) is 8.07 Å². The summed E-state index contributed by atoms with van der Waals surface area (Å²) in [6.45, 7) is 23.1. The first-order chi connectivity index (χ1) is 9.10. The molecule has 0 unspecified atom stereocenters. The normalized spacial score (nSPS) is 28.2. The van der Waals surface area contributed by atoms with Crippen LogP contribution < -0.4 is 0 Å². The molecule has 0 aromatic rings. The van der Waals surface area contributed by atoms with Crippen LogP contribution in [0.4, 0.5) is 0 Å². The third-order valence-electron chi connectivity index (χ3n) is 6.80.